The van der Waals surface area contributed by atoms with Gasteiger partial charge in [0.05, 0.1) is 5.39 Å². The first kappa shape index (κ1) is 9.00. The molecule has 1 aromatic carbocycles. The average Bonchev–Trinajstić information content (AvgIpc) is 2.19. The van der Waals surface area contributed by atoms with Crippen molar-refractivity contribution in [2.75, 3.05) is 0 Å². The number of hydrogen-bond acceptors (Lipinski definition) is 2. The van der Waals surface area contributed by atoms with Crippen molar-refractivity contribution in [1.29, 1.82) is 0 Å². The molecule has 1 heterocycles. The van der Waals surface area contributed by atoms with Gasteiger partial charge in [-0.2, -0.15) is 0 Å². The lowest BCUT2D eigenvalue weighted by Crippen LogP contribution is -2.02. The van der Waals surface area contributed by atoms with E-state index in [9.17, 15) is 4.79 Å². The van der Waals surface area contributed by atoms with Crippen LogP contribution in [0.15, 0.2) is 33.5 Å². The first-order valence-electron chi connectivity index (χ1n) is 4.74. The monoisotopic (exact) mass is 188 g/mol. The minimum Gasteiger partial charge on any atom is -0.427 e. The van der Waals surface area contributed by atoms with Crippen molar-refractivity contribution in [2.45, 2.75) is 20.3 Å². The fraction of sp³-hybridized carbons (Fsp3) is 0.250. The van der Waals surface area contributed by atoms with Crippen molar-refractivity contribution < 1.29 is 4.42 Å². The van der Waals surface area contributed by atoms with Crippen LogP contribution in [0.2, 0.25) is 0 Å². The van der Waals surface area contributed by atoms with Crippen LogP contribution < -0.4 is 5.63 Å². The first-order valence-corrected chi connectivity index (χ1v) is 4.74. The molecule has 2 rings (SSSR count). The molecular weight excluding hydrogens is 176 g/mol. The number of hydrogen-bond donors (Lipinski definition) is 0. The van der Waals surface area contributed by atoms with Gasteiger partial charge in [0, 0.05) is 6.42 Å². The third kappa shape index (κ3) is 1.33. The smallest absolute Gasteiger partial charge is 0.343 e. The SMILES string of the molecule is CCc1cc2c(C)cccc2c(=O)o1. The zero-order valence-electron chi connectivity index (χ0n) is 8.33. The van der Waals surface area contributed by atoms with Gasteiger partial charge in [0.15, 0.2) is 0 Å². The highest BCUT2D eigenvalue weighted by molar-refractivity contribution is 5.84. The van der Waals surface area contributed by atoms with Gasteiger partial charge in [-0.25, -0.2) is 4.79 Å². The molecule has 14 heavy (non-hydrogen) atoms. The molecule has 0 unspecified atom stereocenters. The van der Waals surface area contributed by atoms with Gasteiger partial charge in [0.1, 0.15) is 5.76 Å². The molecule has 0 aliphatic rings. The summed E-state index contributed by atoms with van der Waals surface area (Å²) in [5.41, 5.74) is 0.883. The lowest BCUT2D eigenvalue weighted by molar-refractivity contribution is 0.472. The van der Waals surface area contributed by atoms with E-state index in [1.807, 2.05) is 32.0 Å². The summed E-state index contributed by atoms with van der Waals surface area (Å²) in [5.74, 6) is 0.747. The van der Waals surface area contributed by atoms with E-state index in [0.29, 0.717) is 5.39 Å². The molecule has 0 aliphatic carbocycles. The highest BCUT2D eigenvalue weighted by Gasteiger charge is 2.04. The normalized spacial score (nSPS) is 10.7. The van der Waals surface area contributed by atoms with Gasteiger partial charge >= 0.3 is 5.63 Å². The third-order valence-electron chi connectivity index (χ3n) is 2.42. The fourth-order valence-corrected chi connectivity index (χ4v) is 1.59. The van der Waals surface area contributed by atoms with Crippen LogP contribution in [0.4, 0.5) is 0 Å². The number of rotatable bonds is 1. The molecule has 0 radical (unpaired) electrons. The predicted molar refractivity (Wildman–Crippen MR) is 56.6 cm³/mol. The van der Waals surface area contributed by atoms with E-state index >= 15 is 0 Å². The second-order valence-electron chi connectivity index (χ2n) is 3.39. The quantitative estimate of drug-likeness (QED) is 0.688. The van der Waals surface area contributed by atoms with Gasteiger partial charge in [-0.1, -0.05) is 19.1 Å². The Morgan fingerprint density at radius 3 is 2.79 bits per heavy atom. The molecule has 0 fully saturated rings. The molecule has 0 saturated heterocycles. The van der Waals surface area contributed by atoms with Gasteiger partial charge in [-0.3, -0.25) is 0 Å². The Morgan fingerprint density at radius 1 is 1.29 bits per heavy atom. The van der Waals surface area contributed by atoms with E-state index in [0.717, 1.165) is 23.1 Å². The maximum Gasteiger partial charge on any atom is 0.343 e. The molecule has 1 aromatic heterocycles. The molecule has 0 aliphatic heterocycles. The van der Waals surface area contributed by atoms with Gasteiger partial charge < -0.3 is 4.42 Å². The van der Waals surface area contributed by atoms with E-state index in [2.05, 4.69) is 0 Å². The Balaban J connectivity index is 2.91. The van der Waals surface area contributed by atoms with Crippen molar-refractivity contribution in [1.82, 2.24) is 0 Å². The topological polar surface area (TPSA) is 30.2 Å². The van der Waals surface area contributed by atoms with Gasteiger partial charge in [0.2, 0.25) is 0 Å². The van der Waals surface area contributed by atoms with E-state index in [1.165, 1.54) is 0 Å². The summed E-state index contributed by atoms with van der Waals surface area (Å²) in [6.07, 6.45) is 0.750. The molecule has 0 spiro atoms. The van der Waals surface area contributed by atoms with E-state index in [-0.39, 0.29) is 5.63 Å². The highest BCUT2D eigenvalue weighted by Crippen LogP contribution is 2.16. The predicted octanol–water partition coefficient (Wildman–Crippen LogP) is 2.66. The molecule has 72 valence electrons. The Kier molecular flexibility index (Phi) is 2.12. The van der Waals surface area contributed by atoms with Gasteiger partial charge in [-0.15, -0.1) is 0 Å². The molecule has 0 amide bonds. The third-order valence-corrected chi connectivity index (χ3v) is 2.42. The summed E-state index contributed by atoms with van der Waals surface area (Å²) < 4.78 is 5.14. The van der Waals surface area contributed by atoms with Gasteiger partial charge in [0.25, 0.3) is 0 Å². The summed E-state index contributed by atoms with van der Waals surface area (Å²) in [5, 5.41) is 1.67. The van der Waals surface area contributed by atoms with Crippen molar-refractivity contribution in [3.05, 3.63) is 46.0 Å². The average molecular weight is 188 g/mol. The van der Waals surface area contributed by atoms with Gasteiger partial charge in [-0.05, 0) is 30.0 Å². The molecule has 0 N–H and O–H groups in total. The largest absolute Gasteiger partial charge is 0.427 e. The van der Waals surface area contributed by atoms with Crippen LogP contribution in [0, 0.1) is 6.92 Å². The minimum absolute atomic E-state index is 0.233. The van der Waals surface area contributed by atoms with E-state index in [1.54, 1.807) is 6.07 Å². The summed E-state index contributed by atoms with van der Waals surface area (Å²) in [6, 6.07) is 7.63. The number of benzene rings is 1. The molecule has 0 saturated carbocycles. The minimum atomic E-state index is -0.233. The van der Waals surface area contributed by atoms with Crippen molar-refractivity contribution >= 4 is 10.8 Å². The summed E-state index contributed by atoms with van der Waals surface area (Å²) in [6.45, 7) is 3.98. The van der Waals surface area contributed by atoms with Crippen LogP contribution >= 0.6 is 0 Å². The second kappa shape index (κ2) is 3.29. The fourth-order valence-electron chi connectivity index (χ4n) is 1.59. The molecule has 0 bridgehead atoms. The van der Waals surface area contributed by atoms with Crippen molar-refractivity contribution in [3.63, 3.8) is 0 Å². The zero-order chi connectivity index (χ0) is 10.1. The van der Waals surface area contributed by atoms with Crippen LogP contribution in [0.25, 0.3) is 10.8 Å². The molecule has 0 atom stereocenters. The summed E-state index contributed by atoms with van der Waals surface area (Å²) in [7, 11) is 0. The lowest BCUT2D eigenvalue weighted by Gasteiger charge is -2.02. The van der Waals surface area contributed by atoms with Crippen LogP contribution in [-0.2, 0) is 6.42 Å². The molecular formula is C12H12O2. The maximum absolute atomic E-state index is 11.5. The van der Waals surface area contributed by atoms with Crippen molar-refractivity contribution in [2.24, 2.45) is 0 Å². The maximum atomic E-state index is 11.5. The first-order chi connectivity index (χ1) is 6.72. The molecule has 2 aromatic rings. The molecule has 2 heteroatoms. The van der Waals surface area contributed by atoms with E-state index in [4.69, 9.17) is 4.42 Å². The van der Waals surface area contributed by atoms with Crippen LogP contribution in [0.5, 0.6) is 0 Å². The Labute approximate surface area is 82.2 Å². The Hall–Kier alpha value is -1.57. The summed E-state index contributed by atoms with van der Waals surface area (Å²) >= 11 is 0. The summed E-state index contributed by atoms with van der Waals surface area (Å²) in [4.78, 5) is 11.5. The van der Waals surface area contributed by atoms with Crippen molar-refractivity contribution in [3.8, 4) is 0 Å². The highest BCUT2D eigenvalue weighted by atomic mass is 16.4. The standard InChI is InChI=1S/C12H12O2/c1-3-9-7-11-8(2)5-4-6-10(11)12(13)14-9/h4-7H,3H2,1-2H3. The lowest BCUT2D eigenvalue weighted by atomic mass is 10.1. The molecule has 2 nitrogen and oxygen atoms in total. The van der Waals surface area contributed by atoms with Crippen LogP contribution in [-0.4, -0.2) is 0 Å². The number of fused-ring (bicyclic) bond motifs is 1. The van der Waals surface area contributed by atoms with E-state index < -0.39 is 0 Å². The Bertz CT molecular complexity index is 523. The second-order valence-corrected chi connectivity index (χ2v) is 3.39. The van der Waals surface area contributed by atoms with Crippen LogP contribution in [0.1, 0.15) is 18.2 Å². The number of aryl methyl sites for hydroxylation is 2. The van der Waals surface area contributed by atoms with Crippen LogP contribution in [0.3, 0.4) is 0 Å². The zero-order valence-corrected chi connectivity index (χ0v) is 8.33. The Morgan fingerprint density at radius 2 is 2.07 bits per heavy atom.